The maximum absolute atomic E-state index is 12.4. The van der Waals surface area contributed by atoms with E-state index in [1.165, 1.54) is 0 Å². The number of carbonyl (C=O) groups excluding carboxylic acids is 2. The first-order valence-electron chi connectivity index (χ1n) is 7.44. The number of nitrogens with one attached hydrogen (secondary N) is 1. The molecule has 1 aromatic rings. The van der Waals surface area contributed by atoms with E-state index in [2.05, 4.69) is 5.32 Å². The van der Waals surface area contributed by atoms with Gasteiger partial charge in [0.05, 0.1) is 6.54 Å². The maximum atomic E-state index is 12.4. The molecule has 0 spiro atoms. The molecule has 0 radical (unpaired) electrons. The molecule has 1 fully saturated rings. The van der Waals surface area contributed by atoms with Gasteiger partial charge in [-0.1, -0.05) is 25.4 Å². The smallest absolute Gasteiger partial charge is 0.325 e. The molecule has 6 nitrogen and oxygen atoms in total. The number of nitrogens with zero attached hydrogens (tertiary/aromatic N) is 1. The second-order valence-corrected chi connectivity index (χ2v) is 6.56. The normalized spacial score (nSPS) is 22.4. The Morgan fingerprint density at radius 1 is 1.30 bits per heavy atom. The van der Waals surface area contributed by atoms with Crippen LogP contribution in [0.3, 0.4) is 0 Å². The fourth-order valence-electron chi connectivity index (χ4n) is 2.26. The molecule has 0 bridgehead atoms. The van der Waals surface area contributed by atoms with Crippen molar-refractivity contribution < 1.29 is 19.4 Å². The Kier molecular flexibility index (Phi) is 5.16. The van der Waals surface area contributed by atoms with Crippen molar-refractivity contribution in [2.45, 2.75) is 32.4 Å². The van der Waals surface area contributed by atoms with Gasteiger partial charge in [0.1, 0.15) is 24.0 Å². The number of aliphatic hydroxyl groups excluding tert-OH is 1. The zero-order chi connectivity index (χ0) is 17.2. The summed E-state index contributed by atoms with van der Waals surface area (Å²) in [4.78, 5) is 25.4. The first-order valence-corrected chi connectivity index (χ1v) is 7.82. The largest absolute Gasteiger partial charge is 0.491 e. The predicted octanol–water partition coefficient (Wildman–Crippen LogP) is 2.05. The fourth-order valence-corrected chi connectivity index (χ4v) is 2.39. The number of β-amino-alcohol motifs (C(OH)–C–C–N with tert-alkyl or cyclic N) is 1. The number of carbonyl (C=O) groups is 2. The number of hydrogen-bond donors (Lipinski definition) is 2. The third kappa shape index (κ3) is 3.76. The van der Waals surface area contributed by atoms with E-state index >= 15 is 0 Å². The molecule has 2 atom stereocenters. The molecule has 2 N–H and O–H groups in total. The number of aliphatic hydroxyl groups is 1. The molecule has 2 rings (SSSR count). The molecule has 7 heteroatoms. The van der Waals surface area contributed by atoms with Gasteiger partial charge in [-0.05, 0) is 37.1 Å². The third-order valence-electron chi connectivity index (χ3n) is 4.11. The highest BCUT2D eigenvalue weighted by atomic mass is 35.5. The van der Waals surface area contributed by atoms with Crippen molar-refractivity contribution in [3.8, 4) is 5.75 Å². The van der Waals surface area contributed by atoms with E-state index in [0.29, 0.717) is 10.8 Å². The van der Waals surface area contributed by atoms with Gasteiger partial charge in [-0.3, -0.25) is 9.69 Å². The standard InChI is InChI=1S/C16H21ClN2O4/c1-10(2)16(3)14(21)19(15(22)18-16)8-12(20)9-23-13-6-4-11(17)5-7-13/h4-7,10,12,20H,8-9H2,1-3H3,(H,18,22)/t12-,16+/m0/s1. The van der Waals surface area contributed by atoms with Crippen LogP contribution in [0.15, 0.2) is 24.3 Å². The van der Waals surface area contributed by atoms with Crippen LogP contribution in [0, 0.1) is 5.92 Å². The molecule has 1 aliphatic heterocycles. The number of halogens is 1. The van der Waals surface area contributed by atoms with Crippen LogP contribution in [0.4, 0.5) is 4.79 Å². The Balaban J connectivity index is 1.92. The Hall–Kier alpha value is -1.79. The molecule has 0 unspecified atom stereocenters. The van der Waals surface area contributed by atoms with Crippen molar-refractivity contribution in [3.63, 3.8) is 0 Å². The van der Waals surface area contributed by atoms with Crippen LogP contribution in [0.2, 0.25) is 5.02 Å². The lowest BCUT2D eigenvalue weighted by Gasteiger charge is -2.26. The molecule has 0 aliphatic carbocycles. The van der Waals surface area contributed by atoms with Crippen LogP contribution in [0.25, 0.3) is 0 Å². The number of imide groups is 1. The summed E-state index contributed by atoms with van der Waals surface area (Å²) in [5.41, 5.74) is -0.937. The van der Waals surface area contributed by atoms with Crippen molar-refractivity contribution in [1.29, 1.82) is 0 Å². The summed E-state index contributed by atoms with van der Waals surface area (Å²) in [5.74, 6) is 0.173. The quantitative estimate of drug-likeness (QED) is 0.777. The van der Waals surface area contributed by atoms with Crippen LogP contribution >= 0.6 is 11.6 Å². The topological polar surface area (TPSA) is 78.9 Å². The third-order valence-corrected chi connectivity index (χ3v) is 4.36. The zero-order valence-electron chi connectivity index (χ0n) is 13.4. The molecular formula is C16H21ClN2O4. The Bertz CT molecular complexity index is 590. The Morgan fingerprint density at radius 2 is 1.91 bits per heavy atom. The minimum Gasteiger partial charge on any atom is -0.491 e. The van der Waals surface area contributed by atoms with Gasteiger partial charge >= 0.3 is 6.03 Å². The van der Waals surface area contributed by atoms with Crippen LogP contribution in [-0.2, 0) is 4.79 Å². The first kappa shape index (κ1) is 17.6. The van der Waals surface area contributed by atoms with E-state index in [-0.39, 0.29) is 25.0 Å². The van der Waals surface area contributed by atoms with Crippen molar-refractivity contribution in [2.24, 2.45) is 5.92 Å². The Morgan fingerprint density at radius 3 is 2.43 bits per heavy atom. The molecule has 1 heterocycles. The second-order valence-electron chi connectivity index (χ2n) is 6.12. The highest BCUT2D eigenvalue weighted by molar-refractivity contribution is 6.30. The molecule has 0 aromatic heterocycles. The average Bonchev–Trinajstić information content (AvgIpc) is 2.71. The highest BCUT2D eigenvalue weighted by Crippen LogP contribution is 2.25. The minimum atomic E-state index is -0.977. The summed E-state index contributed by atoms with van der Waals surface area (Å²) in [7, 11) is 0. The number of amides is 3. The van der Waals surface area contributed by atoms with Crippen LogP contribution in [0.5, 0.6) is 5.75 Å². The van der Waals surface area contributed by atoms with Crippen LogP contribution in [0.1, 0.15) is 20.8 Å². The van der Waals surface area contributed by atoms with E-state index in [0.717, 1.165) is 4.90 Å². The number of ether oxygens (including phenoxy) is 1. The molecule has 3 amide bonds. The Labute approximate surface area is 140 Å². The van der Waals surface area contributed by atoms with Crippen LogP contribution in [-0.4, -0.2) is 46.7 Å². The second kappa shape index (κ2) is 6.76. The summed E-state index contributed by atoms with van der Waals surface area (Å²) >= 11 is 5.78. The van der Waals surface area contributed by atoms with Gasteiger partial charge in [0, 0.05) is 5.02 Å². The zero-order valence-corrected chi connectivity index (χ0v) is 14.1. The average molecular weight is 341 g/mol. The van der Waals surface area contributed by atoms with E-state index in [4.69, 9.17) is 16.3 Å². The van der Waals surface area contributed by atoms with Crippen molar-refractivity contribution in [3.05, 3.63) is 29.3 Å². The van der Waals surface area contributed by atoms with E-state index < -0.39 is 17.7 Å². The van der Waals surface area contributed by atoms with Crippen molar-refractivity contribution >= 4 is 23.5 Å². The number of hydrogen-bond acceptors (Lipinski definition) is 4. The van der Waals surface area contributed by atoms with Gasteiger partial charge in [0.15, 0.2) is 0 Å². The lowest BCUT2D eigenvalue weighted by Crippen LogP contribution is -2.49. The minimum absolute atomic E-state index is 0.0307. The van der Waals surface area contributed by atoms with Gasteiger partial charge < -0.3 is 15.2 Å². The van der Waals surface area contributed by atoms with Gasteiger partial charge in [-0.25, -0.2) is 4.79 Å². The van der Waals surface area contributed by atoms with Gasteiger partial charge in [0.2, 0.25) is 0 Å². The monoisotopic (exact) mass is 340 g/mol. The van der Waals surface area contributed by atoms with E-state index in [1.807, 2.05) is 13.8 Å². The SMILES string of the molecule is CC(C)[C@@]1(C)NC(=O)N(C[C@H](O)COc2ccc(Cl)cc2)C1=O. The summed E-state index contributed by atoms with van der Waals surface area (Å²) in [6, 6.07) is 6.22. The molecule has 1 aliphatic rings. The lowest BCUT2D eigenvalue weighted by molar-refractivity contribution is -0.133. The molecule has 126 valence electrons. The number of urea groups is 1. The number of rotatable bonds is 6. The molecule has 23 heavy (non-hydrogen) atoms. The highest BCUT2D eigenvalue weighted by Gasteiger charge is 2.49. The summed E-state index contributed by atoms with van der Waals surface area (Å²) in [6.07, 6.45) is -0.977. The molecular weight excluding hydrogens is 320 g/mol. The fraction of sp³-hybridized carbons (Fsp3) is 0.500. The van der Waals surface area contributed by atoms with Crippen molar-refractivity contribution in [2.75, 3.05) is 13.2 Å². The summed E-state index contributed by atoms with van der Waals surface area (Å²) in [5, 5.41) is 13.3. The van der Waals surface area contributed by atoms with Gasteiger partial charge in [-0.2, -0.15) is 0 Å². The molecule has 1 saturated heterocycles. The maximum Gasteiger partial charge on any atom is 0.325 e. The van der Waals surface area contributed by atoms with E-state index in [9.17, 15) is 14.7 Å². The van der Waals surface area contributed by atoms with Gasteiger partial charge in [0.25, 0.3) is 5.91 Å². The predicted molar refractivity (Wildman–Crippen MR) is 86.4 cm³/mol. The van der Waals surface area contributed by atoms with Gasteiger partial charge in [-0.15, -0.1) is 0 Å². The lowest BCUT2D eigenvalue weighted by atomic mass is 9.88. The van der Waals surface area contributed by atoms with Crippen molar-refractivity contribution in [1.82, 2.24) is 10.2 Å². The molecule has 1 aromatic carbocycles. The van der Waals surface area contributed by atoms with Crippen LogP contribution < -0.4 is 10.1 Å². The number of benzene rings is 1. The molecule has 0 saturated carbocycles. The van der Waals surface area contributed by atoms with E-state index in [1.54, 1.807) is 31.2 Å². The first-order chi connectivity index (χ1) is 10.7. The summed E-state index contributed by atoms with van der Waals surface area (Å²) < 4.78 is 5.42. The summed E-state index contributed by atoms with van der Waals surface area (Å²) in [6.45, 7) is 5.27.